The molecule has 0 radical (unpaired) electrons. The van der Waals surface area contributed by atoms with E-state index in [2.05, 4.69) is 4.90 Å². The molecule has 0 aliphatic carbocycles. The van der Waals surface area contributed by atoms with Crippen LogP contribution in [0.15, 0.2) is 0 Å². The molecule has 0 aromatic heterocycles. The van der Waals surface area contributed by atoms with Gasteiger partial charge in [-0.3, -0.25) is 14.5 Å². The van der Waals surface area contributed by atoms with Gasteiger partial charge in [0.05, 0.1) is 13.0 Å². The van der Waals surface area contributed by atoms with Crippen molar-refractivity contribution in [2.75, 3.05) is 19.7 Å². The van der Waals surface area contributed by atoms with Gasteiger partial charge < -0.3 is 4.74 Å². The minimum atomic E-state index is -0.153. The highest BCUT2D eigenvalue weighted by Crippen LogP contribution is 2.18. The van der Waals surface area contributed by atoms with Gasteiger partial charge in [-0.25, -0.2) is 0 Å². The van der Waals surface area contributed by atoms with Crippen LogP contribution in [0.25, 0.3) is 0 Å². The minimum Gasteiger partial charge on any atom is -0.466 e. The lowest BCUT2D eigenvalue weighted by atomic mass is 9.93. The number of carbonyl (C=O) groups is 2. The fraction of sp³-hybridized carbons (Fsp3) is 0.833. The van der Waals surface area contributed by atoms with Crippen molar-refractivity contribution in [2.45, 2.75) is 39.7 Å². The summed E-state index contributed by atoms with van der Waals surface area (Å²) in [6, 6.07) is 0.248. The zero-order chi connectivity index (χ0) is 12.1. The molecule has 1 rings (SSSR count). The van der Waals surface area contributed by atoms with Crippen molar-refractivity contribution in [3.8, 4) is 0 Å². The maximum atomic E-state index is 11.5. The fourth-order valence-corrected chi connectivity index (χ4v) is 2.03. The van der Waals surface area contributed by atoms with Gasteiger partial charge in [-0.05, 0) is 13.8 Å². The predicted octanol–water partition coefficient (Wildman–Crippen LogP) is 1.66. The molecular weight excluding hydrogens is 242 g/mol. The van der Waals surface area contributed by atoms with Crippen LogP contribution in [-0.4, -0.2) is 42.4 Å². The van der Waals surface area contributed by atoms with Crippen molar-refractivity contribution in [2.24, 2.45) is 5.92 Å². The molecule has 0 saturated carbocycles. The molecule has 0 amide bonds. The van der Waals surface area contributed by atoms with E-state index >= 15 is 0 Å². The zero-order valence-electron chi connectivity index (χ0n) is 10.8. The molecule has 100 valence electrons. The van der Waals surface area contributed by atoms with Gasteiger partial charge in [-0.1, -0.05) is 6.92 Å². The number of hydrogen-bond acceptors (Lipinski definition) is 4. The van der Waals surface area contributed by atoms with Crippen molar-refractivity contribution in [1.29, 1.82) is 0 Å². The van der Waals surface area contributed by atoms with Crippen molar-refractivity contribution < 1.29 is 14.3 Å². The average molecular weight is 264 g/mol. The average Bonchev–Trinajstić information content (AvgIpc) is 2.22. The number of halogens is 1. The number of likely N-dealkylation sites (tertiary alicyclic amines) is 1. The molecule has 2 unspecified atom stereocenters. The van der Waals surface area contributed by atoms with Gasteiger partial charge in [-0.15, -0.1) is 12.4 Å². The van der Waals surface area contributed by atoms with Gasteiger partial charge in [0, 0.05) is 31.5 Å². The fourth-order valence-electron chi connectivity index (χ4n) is 2.03. The van der Waals surface area contributed by atoms with E-state index in [1.54, 1.807) is 0 Å². The maximum absolute atomic E-state index is 11.5. The third-order valence-corrected chi connectivity index (χ3v) is 3.09. The van der Waals surface area contributed by atoms with Crippen molar-refractivity contribution >= 4 is 24.2 Å². The molecule has 0 spiro atoms. The van der Waals surface area contributed by atoms with Gasteiger partial charge in [0.1, 0.15) is 5.78 Å². The number of ether oxygens (including phenoxy) is 1. The predicted molar refractivity (Wildman–Crippen MR) is 68.3 cm³/mol. The van der Waals surface area contributed by atoms with E-state index in [-0.39, 0.29) is 30.3 Å². The number of rotatable bonds is 4. The van der Waals surface area contributed by atoms with Crippen molar-refractivity contribution in [3.63, 3.8) is 0 Å². The number of piperidine rings is 1. The summed E-state index contributed by atoms with van der Waals surface area (Å²) in [7, 11) is 0. The normalized spacial score (nSPS) is 25.2. The van der Waals surface area contributed by atoms with Crippen LogP contribution in [0.5, 0.6) is 0 Å². The van der Waals surface area contributed by atoms with E-state index in [4.69, 9.17) is 4.74 Å². The van der Waals surface area contributed by atoms with Gasteiger partial charge in [0.25, 0.3) is 0 Å². The Kier molecular flexibility index (Phi) is 7.39. The van der Waals surface area contributed by atoms with E-state index in [9.17, 15) is 9.59 Å². The second-order valence-corrected chi connectivity index (χ2v) is 4.47. The van der Waals surface area contributed by atoms with Crippen LogP contribution < -0.4 is 0 Å². The number of Topliss-reactive ketones (excluding diaryl/α,β-unsaturated/α-hetero) is 1. The highest BCUT2D eigenvalue weighted by atomic mass is 35.5. The third-order valence-electron chi connectivity index (χ3n) is 3.09. The second kappa shape index (κ2) is 7.67. The standard InChI is InChI=1S/C12H21NO3.ClH/c1-4-16-12(15)5-6-13-8-9(2)11(14)7-10(13)3;/h9-10H,4-8H2,1-3H3;1H. The topological polar surface area (TPSA) is 46.6 Å². The van der Waals surface area contributed by atoms with Crippen LogP contribution in [0.1, 0.15) is 33.6 Å². The summed E-state index contributed by atoms with van der Waals surface area (Å²) in [6.45, 7) is 7.68. The van der Waals surface area contributed by atoms with Crippen LogP contribution >= 0.6 is 12.4 Å². The summed E-state index contributed by atoms with van der Waals surface area (Å²) in [6.07, 6.45) is 1.02. The summed E-state index contributed by atoms with van der Waals surface area (Å²) < 4.78 is 4.88. The summed E-state index contributed by atoms with van der Waals surface area (Å²) in [5.74, 6) is 0.275. The van der Waals surface area contributed by atoms with E-state index in [1.165, 1.54) is 0 Å². The van der Waals surface area contributed by atoms with E-state index in [0.29, 0.717) is 31.8 Å². The van der Waals surface area contributed by atoms with Crippen LogP contribution in [0.3, 0.4) is 0 Å². The molecule has 17 heavy (non-hydrogen) atoms. The lowest BCUT2D eigenvalue weighted by Gasteiger charge is -2.35. The van der Waals surface area contributed by atoms with Gasteiger partial charge in [0.15, 0.2) is 0 Å². The highest BCUT2D eigenvalue weighted by molar-refractivity contribution is 5.85. The molecule has 1 aliphatic heterocycles. The molecule has 0 aromatic carbocycles. The largest absolute Gasteiger partial charge is 0.466 e. The first-order chi connectivity index (χ1) is 7.54. The first-order valence-electron chi connectivity index (χ1n) is 5.97. The Morgan fingerprint density at radius 3 is 2.71 bits per heavy atom. The van der Waals surface area contributed by atoms with Crippen molar-refractivity contribution in [3.05, 3.63) is 0 Å². The van der Waals surface area contributed by atoms with Gasteiger partial charge in [0.2, 0.25) is 0 Å². The quantitative estimate of drug-likeness (QED) is 0.724. The second-order valence-electron chi connectivity index (χ2n) is 4.47. The number of hydrogen-bond donors (Lipinski definition) is 0. The molecule has 4 nitrogen and oxygen atoms in total. The maximum Gasteiger partial charge on any atom is 0.307 e. The molecule has 0 aromatic rings. The lowest BCUT2D eigenvalue weighted by molar-refractivity contribution is -0.143. The molecule has 1 aliphatic rings. The molecule has 5 heteroatoms. The first kappa shape index (κ1) is 16.4. The summed E-state index contributed by atoms with van der Waals surface area (Å²) in [4.78, 5) is 24.9. The van der Waals surface area contributed by atoms with Gasteiger partial charge in [-0.2, -0.15) is 0 Å². The summed E-state index contributed by atoms with van der Waals surface area (Å²) in [5, 5.41) is 0. The molecule has 0 bridgehead atoms. The zero-order valence-corrected chi connectivity index (χ0v) is 11.6. The Hall–Kier alpha value is -0.610. The highest BCUT2D eigenvalue weighted by Gasteiger charge is 2.28. The van der Waals surface area contributed by atoms with Crippen LogP contribution in [0, 0.1) is 5.92 Å². The Bertz CT molecular complexity index is 270. The van der Waals surface area contributed by atoms with Gasteiger partial charge >= 0.3 is 5.97 Å². The van der Waals surface area contributed by atoms with Crippen LogP contribution in [0.2, 0.25) is 0 Å². The Morgan fingerprint density at radius 2 is 2.12 bits per heavy atom. The molecule has 2 atom stereocenters. The van der Waals surface area contributed by atoms with E-state index in [1.807, 2.05) is 20.8 Å². The Labute approximate surface area is 109 Å². The number of esters is 1. The molecule has 1 fully saturated rings. The minimum absolute atomic E-state index is 0. The molecule has 1 heterocycles. The Morgan fingerprint density at radius 1 is 1.47 bits per heavy atom. The number of nitrogens with zero attached hydrogens (tertiary/aromatic N) is 1. The van der Waals surface area contributed by atoms with Crippen LogP contribution in [0.4, 0.5) is 0 Å². The van der Waals surface area contributed by atoms with E-state index < -0.39 is 0 Å². The molecule has 0 N–H and O–H groups in total. The van der Waals surface area contributed by atoms with Crippen molar-refractivity contribution in [1.82, 2.24) is 4.90 Å². The first-order valence-corrected chi connectivity index (χ1v) is 5.97. The van der Waals surface area contributed by atoms with E-state index in [0.717, 1.165) is 6.54 Å². The third kappa shape index (κ3) is 5.04. The SMILES string of the molecule is CCOC(=O)CCN1CC(C)C(=O)CC1C.Cl. The monoisotopic (exact) mass is 263 g/mol. The van der Waals surface area contributed by atoms with Crippen LogP contribution in [-0.2, 0) is 14.3 Å². The molecule has 1 saturated heterocycles. The lowest BCUT2D eigenvalue weighted by Crippen LogP contribution is -2.46. The number of ketones is 1. The summed E-state index contributed by atoms with van der Waals surface area (Å²) in [5.41, 5.74) is 0. The Balaban J connectivity index is 0.00000256. The molecular formula is C12H22ClNO3. The summed E-state index contributed by atoms with van der Waals surface area (Å²) >= 11 is 0. The smallest absolute Gasteiger partial charge is 0.307 e. The number of carbonyl (C=O) groups excluding carboxylic acids is 2.